The van der Waals surface area contributed by atoms with Crippen LogP contribution in [0.5, 0.6) is 0 Å². The predicted octanol–water partition coefficient (Wildman–Crippen LogP) is 2.23. The first-order valence-corrected chi connectivity index (χ1v) is 8.37. The van der Waals surface area contributed by atoms with Gasteiger partial charge in [0.2, 0.25) is 0 Å². The number of rotatable bonds is 7. The van der Waals surface area contributed by atoms with Crippen LogP contribution in [0.4, 0.5) is 11.6 Å². The van der Waals surface area contributed by atoms with Crippen LogP contribution in [0.15, 0.2) is 0 Å². The third kappa shape index (κ3) is 3.76. The molecule has 3 N–H and O–H groups in total. The van der Waals surface area contributed by atoms with E-state index in [1.54, 1.807) is 11.8 Å². The Hall–Kier alpha value is -1.01. The minimum atomic E-state index is -0.740. The van der Waals surface area contributed by atoms with Crippen molar-refractivity contribution in [2.75, 3.05) is 36.2 Å². The molecular weight excluding hydrogens is 272 g/mol. The van der Waals surface area contributed by atoms with Gasteiger partial charge in [-0.3, -0.25) is 0 Å². The van der Waals surface area contributed by atoms with Crippen LogP contribution in [0.2, 0.25) is 0 Å². The van der Waals surface area contributed by atoms with Gasteiger partial charge in [-0.1, -0.05) is 0 Å². The maximum Gasteiger partial charge on any atom is 0.136 e. The second kappa shape index (κ2) is 6.18. The zero-order chi connectivity index (χ0) is 14.8. The highest BCUT2D eigenvalue weighted by Gasteiger charge is 2.28. The van der Waals surface area contributed by atoms with E-state index >= 15 is 0 Å². The molecule has 1 heterocycles. The third-order valence-electron chi connectivity index (χ3n) is 3.43. The molecule has 1 aromatic rings. The first-order chi connectivity index (χ1) is 9.46. The molecule has 2 rings (SSSR count). The van der Waals surface area contributed by atoms with Crippen LogP contribution >= 0.6 is 11.8 Å². The first-order valence-electron chi connectivity index (χ1n) is 6.98. The maximum atomic E-state index is 10.2. The molecule has 1 unspecified atom stereocenters. The average Bonchev–Trinajstić information content (AvgIpc) is 3.22. The van der Waals surface area contributed by atoms with Crippen LogP contribution in [-0.4, -0.2) is 46.3 Å². The van der Waals surface area contributed by atoms with Crippen molar-refractivity contribution in [1.82, 2.24) is 9.97 Å². The van der Waals surface area contributed by atoms with Crippen molar-refractivity contribution in [2.24, 2.45) is 0 Å². The summed E-state index contributed by atoms with van der Waals surface area (Å²) in [6.45, 7) is 4.32. The summed E-state index contributed by atoms with van der Waals surface area (Å²) in [5.41, 5.74) is 0.257. The second-order valence-electron chi connectivity index (χ2n) is 5.71. The number of aromatic nitrogens is 2. The van der Waals surface area contributed by atoms with E-state index in [0.29, 0.717) is 18.2 Å². The fraction of sp³-hybridized carbons (Fsp3) is 0.714. The minimum absolute atomic E-state index is 0.485. The monoisotopic (exact) mass is 296 g/mol. The summed E-state index contributed by atoms with van der Waals surface area (Å²) < 4.78 is 0. The fourth-order valence-corrected chi connectivity index (χ4v) is 2.83. The van der Waals surface area contributed by atoms with Crippen LogP contribution in [0.25, 0.3) is 0 Å². The van der Waals surface area contributed by atoms with E-state index in [1.165, 1.54) is 12.8 Å². The quantitative estimate of drug-likeness (QED) is 0.717. The highest BCUT2D eigenvalue weighted by Crippen LogP contribution is 2.39. The molecule has 0 bridgehead atoms. The number of nitrogens with one attached hydrogen (secondary N) is 2. The fourth-order valence-electron chi connectivity index (χ4n) is 2.11. The van der Waals surface area contributed by atoms with Gasteiger partial charge in [-0.25, -0.2) is 9.97 Å². The molecule has 0 aromatic carbocycles. The molecule has 5 nitrogen and oxygen atoms in total. The van der Waals surface area contributed by atoms with E-state index in [2.05, 4.69) is 20.6 Å². The molecule has 20 heavy (non-hydrogen) atoms. The SMILES string of the molecule is CNc1nc(C2CC2)nc(NCC(C)(O)CSC)c1C. The summed E-state index contributed by atoms with van der Waals surface area (Å²) >= 11 is 1.64. The Kier molecular flexibility index (Phi) is 4.75. The van der Waals surface area contributed by atoms with Crippen LogP contribution in [-0.2, 0) is 0 Å². The molecule has 1 aliphatic carbocycles. The lowest BCUT2D eigenvalue weighted by atomic mass is 10.1. The molecule has 0 saturated heterocycles. The van der Waals surface area contributed by atoms with Gasteiger partial charge in [0.15, 0.2) is 0 Å². The van der Waals surface area contributed by atoms with Crippen molar-refractivity contribution in [3.05, 3.63) is 11.4 Å². The van der Waals surface area contributed by atoms with Gasteiger partial charge in [-0.05, 0) is 32.9 Å². The number of aliphatic hydroxyl groups is 1. The van der Waals surface area contributed by atoms with Gasteiger partial charge in [0.1, 0.15) is 17.5 Å². The zero-order valence-corrected chi connectivity index (χ0v) is 13.5. The van der Waals surface area contributed by atoms with Gasteiger partial charge < -0.3 is 15.7 Å². The molecule has 1 atom stereocenters. The van der Waals surface area contributed by atoms with Crippen molar-refractivity contribution in [1.29, 1.82) is 0 Å². The van der Waals surface area contributed by atoms with Crippen molar-refractivity contribution in [2.45, 2.75) is 38.2 Å². The second-order valence-corrected chi connectivity index (χ2v) is 6.58. The molecule has 0 amide bonds. The van der Waals surface area contributed by atoms with E-state index in [-0.39, 0.29) is 0 Å². The van der Waals surface area contributed by atoms with Crippen molar-refractivity contribution >= 4 is 23.4 Å². The minimum Gasteiger partial charge on any atom is -0.387 e. The number of anilines is 2. The number of nitrogens with zero attached hydrogens (tertiary/aromatic N) is 2. The third-order valence-corrected chi connectivity index (χ3v) is 4.34. The molecular formula is C14H24N4OS. The van der Waals surface area contributed by atoms with Gasteiger partial charge in [-0.2, -0.15) is 11.8 Å². The van der Waals surface area contributed by atoms with Crippen molar-refractivity contribution in [3.8, 4) is 0 Å². The highest BCUT2D eigenvalue weighted by molar-refractivity contribution is 7.98. The Balaban J connectivity index is 2.15. The van der Waals surface area contributed by atoms with Gasteiger partial charge >= 0.3 is 0 Å². The Morgan fingerprint density at radius 1 is 1.35 bits per heavy atom. The number of hydrogen-bond donors (Lipinski definition) is 3. The summed E-state index contributed by atoms with van der Waals surface area (Å²) in [6.07, 6.45) is 4.35. The smallest absolute Gasteiger partial charge is 0.136 e. The standard InChI is InChI=1S/C14H24N4OS/c1-9-11(15-3)17-13(10-5-6-10)18-12(9)16-7-14(2,19)8-20-4/h10,19H,5-8H2,1-4H3,(H2,15,16,17,18). The Morgan fingerprint density at radius 2 is 2.00 bits per heavy atom. The summed E-state index contributed by atoms with van der Waals surface area (Å²) in [4.78, 5) is 9.19. The lowest BCUT2D eigenvalue weighted by molar-refractivity contribution is 0.0996. The van der Waals surface area contributed by atoms with Crippen LogP contribution in [0.1, 0.15) is 37.1 Å². The lowest BCUT2D eigenvalue weighted by Gasteiger charge is -2.24. The number of thioether (sulfide) groups is 1. The van der Waals surface area contributed by atoms with Gasteiger partial charge in [0, 0.05) is 30.8 Å². The Bertz CT molecular complexity index is 474. The van der Waals surface area contributed by atoms with E-state index in [0.717, 1.165) is 23.0 Å². The molecule has 0 radical (unpaired) electrons. The summed E-state index contributed by atoms with van der Waals surface area (Å²) in [5, 5.41) is 16.6. The molecule has 1 aromatic heterocycles. The predicted molar refractivity (Wildman–Crippen MR) is 85.8 cm³/mol. The van der Waals surface area contributed by atoms with E-state index < -0.39 is 5.60 Å². The van der Waals surface area contributed by atoms with Crippen LogP contribution in [0, 0.1) is 6.92 Å². The number of hydrogen-bond acceptors (Lipinski definition) is 6. The molecule has 6 heteroatoms. The first kappa shape index (κ1) is 15.4. The largest absolute Gasteiger partial charge is 0.387 e. The average molecular weight is 296 g/mol. The summed E-state index contributed by atoms with van der Waals surface area (Å²) in [7, 11) is 1.87. The zero-order valence-electron chi connectivity index (χ0n) is 12.7. The van der Waals surface area contributed by atoms with Crippen LogP contribution in [0.3, 0.4) is 0 Å². The van der Waals surface area contributed by atoms with Gasteiger partial charge in [0.25, 0.3) is 0 Å². The van der Waals surface area contributed by atoms with Crippen molar-refractivity contribution in [3.63, 3.8) is 0 Å². The van der Waals surface area contributed by atoms with E-state index in [1.807, 2.05) is 27.2 Å². The molecule has 0 aliphatic heterocycles. The lowest BCUT2D eigenvalue weighted by Crippen LogP contribution is -2.36. The molecule has 112 valence electrons. The van der Waals surface area contributed by atoms with Crippen LogP contribution < -0.4 is 10.6 Å². The topological polar surface area (TPSA) is 70.1 Å². The Morgan fingerprint density at radius 3 is 2.55 bits per heavy atom. The van der Waals surface area contributed by atoms with Crippen molar-refractivity contribution < 1.29 is 5.11 Å². The summed E-state index contributed by atoms with van der Waals surface area (Å²) in [6, 6.07) is 0. The normalized spacial score (nSPS) is 17.6. The van der Waals surface area contributed by atoms with Gasteiger partial charge in [0.05, 0.1) is 5.60 Å². The maximum absolute atomic E-state index is 10.2. The Labute approximate surface area is 125 Å². The molecule has 0 spiro atoms. The van der Waals surface area contributed by atoms with E-state index in [9.17, 15) is 5.11 Å². The molecule has 1 saturated carbocycles. The molecule has 1 fully saturated rings. The highest BCUT2D eigenvalue weighted by atomic mass is 32.2. The van der Waals surface area contributed by atoms with Gasteiger partial charge in [-0.15, -0.1) is 0 Å². The summed E-state index contributed by atoms with van der Waals surface area (Å²) in [5.74, 6) is 3.81. The molecule has 1 aliphatic rings. The van der Waals surface area contributed by atoms with E-state index in [4.69, 9.17) is 0 Å².